The van der Waals surface area contributed by atoms with E-state index < -0.39 is 16.0 Å². The number of hydrogen-bond donors (Lipinski definition) is 1. The lowest BCUT2D eigenvalue weighted by Crippen LogP contribution is -2.14. The molecule has 3 rings (SSSR count). The van der Waals surface area contributed by atoms with Crippen molar-refractivity contribution in [2.45, 2.75) is 18.7 Å². The molecule has 0 saturated carbocycles. The fourth-order valence-corrected chi connectivity index (χ4v) is 4.37. The number of amides is 1. The molecule has 0 aliphatic heterocycles. The van der Waals surface area contributed by atoms with Gasteiger partial charge in [-0.25, -0.2) is 0 Å². The van der Waals surface area contributed by atoms with Gasteiger partial charge in [0, 0.05) is 0 Å². The van der Waals surface area contributed by atoms with Crippen LogP contribution in [0.25, 0.3) is 6.08 Å². The van der Waals surface area contributed by atoms with Crippen LogP contribution in [0.2, 0.25) is 10.0 Å². The minimum Gasteiger partial charge on any atom is -0.490 e. The van der Waals surface area contributed by atoms with Crippen LogP contribution in [0, 0.1) is 18.3 Å². The summed E-state index contributed by atoms with van der Waals surface area (Å²) in [7, 11) is -4.10. The Morgan fingerprint density at radius 1 is 1.06 bits per heavy atom. The second kappa shape index (κ2) is 11.3. The predicted molar refractivity (Wildman–Crippen MR) is 135 cm³/mol. The maximum absolute atomic E-state index is 12.7. The quantitative estimate of drug-likeness (QED) is 0.217. The number of rotatable bonds is 8. The van der Waals surface area contributed by atoms with Crippen LogP contribution < -0.4 is 14.2 Å². The van der Waals surface area contributed by atoms with Crippen molar-refractivity contribution < 1.29 is 22.1 Å². The molecular weight excluding hydrogens is 511 g/mol. The second-order valence-electron chi connectivity index (χ2n) is 7.21. The number of aryl methyl sites for hydroxylation is 1. The van der Waals surface area contributed by atoms with E-state index in [-0.39, 0.29) is 44.3 Å². The molecule has 0 aromatic heterocycles. The highest BCUT2D eigenvalue weighted by atomic mass is 35.5. The molecule has 0 bridgehead atoms. The Hall–Kier alpha value is -3.51. The third-order valence-electron chi connectivity index (χ3n) is 4.65. The van der Waals surface area contributed by atoms with Crippen LogP contribution in [0.3, 0.4) is 0 Å². The third-order valence-corrected chi connectivity index (χ3v) is 6.53. The van der Waals surface area contributed by atoms with Gasteiger partial charge in [0.1, 0.15) is 16.5 Å². The number of para-hydroxylation sites is 1. The Kier molecular flexibility index (Phi) is 8.41. The van der Waals surface area contributed by atoms with Crippen LogP contribution in [0.15, 0.2) is 71.1 Å². The van der Waals surface area contributed by atoms with Gasteiger partial charge in [-0.2, -0.15) is 13.7 Å². The van der Waals surface area contributed by atoms with Crippen molar-refractivity contribution in [2.75, 3.05) is 11.9 Å². The number of nitrogens with zero attached hydrogens (tertiary/aromatic N) is 1. The van der Waals surface area contributed by atoms with E-state index in [0.717, 1.165) is 5.56 Å². The highest BCUT2D eigenvalue weighted by Gasteiger charge is 2.20. The molecular formula is C25H20Cl2N2O5S. The lowest BCUT2D eigenvalue weighted by molar-refractivity contribution is -0.112. The van der Waals surface area contributed by atoms with Gasteiger partial charge in [-0.05, 0) is 61.9 Å². The summed E-state index contributed by atoms with van der Waals surface area (Å²) < 4.78 is 36.2. The number of anilines is 1. The smallest absolute Gasteiger partial charge is 0.339 e. The topological polar surface area (TPSA) is 105 Å². The Morgan fingerprint density at radius 3 is 2.31 bits per heavy atom. The number of halogens is 2. The van der Waals surface area contributed by atoms with Gasteiger partial charge in [0.25, 0.3) is 5.91 Å². The van der Waals surface area contributed by atoms with Crippen molar-refractivity contribution in [3.8, 4) is 17.6 Å². The zero-order valence-corrected chi connectivity index (χ0v) is 21.0. The molecule has 180 valence electrons. The van der Waals surface area contributed by atoms with Crippen molar-refractivity contribution in [3.05, 3.63) is 87.4 Å². The largest absolute Gasteiger partial charge is 0.490 e. The van der Waals surface area contributed by atoms with Crippen molar-refractivity contribution in [1.29, 1.82) is 5.26 Å². The highest BCUT2D eigenvalue weighted by molar-refractivity contribution is 7.87. The summed E-state index contributed by atoms with van der Waals surface area (Å²) in [5, 5.41) is 12.5. The minimum atomic E-state index is -4.10. The maximum atomic E-state index is 12.7. The van der Waals surface area contributed by atoms with Crippen LogP contribution in [0.5, 0.6) is 11.5 Å². The summed E-state index contributed by atoms with van der Waals surface area (Å²) in [5.41, 5.74) is 1.26. The van der Waals surface area contributed by atoms with Gasteiger partial charge in [0.15, 0.2) is 11.5 Å². The van der Waals surface area contributed by atoms with Gasteiger partial charge in [0.2, 0.25) is 0 Å². The zero-order valence-electron chi connectivity index (χ0n) is 18.7. The summed E-state index contributed by atoms with van der Waals surface area (Å²) in [4.78, 5) is 12.6. The molecule has 0 radical (unpaired) electrons. The van der Waals surface area contributed by atoms with Gasteiger partial charge >= 0.3 is 10.1 Å². The van der Waals surface area contributed by atoms with Crippen LogP contribution in [-0.4, -0.2) is 20.9 Å². The third kappa shape index (κ3) is 6.55. The van der Waals surface area contributed by atoms with Gasteiger partial charge in [-0.15, -0.1) is 0 Å². The van der Waals surface area contributed by atoms with E-state index in [1.165, 1.54) is 36.4 Å². The molecule has 3 aromatic rings. The molecule has 0 unspecified atom stereocenters. The van der Waals surface area contributed by atoms with E-state index in [4.69, 9.17) is 32.1 Å². The zero-order chi connectivity index (χ0) is 25.6. The van der Waals surface area contributed by atoms with E-state index in [1.54, 1.807) is 37.3 Å². The summed E-state index contributed by atoms with van der Waals surface area (Å²) >= 11 is 12.2. The van der Waals surface area contributed by atoms with Gasteiger partial charge < -0.3 is 14.2 Å². The lowest BCUT2D eigenvalue weighted by Gasteiger charge is -2.13. The van der Waals surface area contributed by atoms with Crippen molar-refractivity contribution in [3.63, 3.8) is 0 Å². The minimum absolute atomic E-state index is 0.00353. The molecule has 0 aliphatic carbocycles. The van der Waals surface area contributed by atoms with Crippen LogP contribution >= 0.6 is 23.2 Å². The number of ether oxygens (including phenoxy) is 1. The van der Waals surface area contributed by atoms with E-state index in [2.05, 4.69) is 5.32 Å². The highest BCUT2D eigenvalue weighted by Crippen LogP contribution is 2.33. The molecule has 0 heterocycles. The van der Waals surface area contributed by atoms with Crippen LogP contribution in [0.1, 0.15) is 18.1 Å². The summed E-state index contributed by atoms with van der Waals surface area (Å²) in [6, 6.07) is 17.1. The van der Waals surface area contributed by atoms with Gasteiger partial charge in [0.05, 0.1) is 22.3 Å². The SMILES string of the molecule is CCOc1cc(/C=C(\C#N)C(=O)Nc2c(Cl)cccc2Cl)ccc1OS(=O)(=O)c1ccc(C)cc1. The summed E-state index contributed by atoms with van der Waals surface area (Å²) in [5.74, 6) is -0.623. The fraction of sp³-hybridized carbons (Fsp3) is 0.120. The Balaban J connectivity index is 1.89. The van der Waals surface area contributed by atoms with E-state index in [9.17, 15) is 18.5 Å². The van der Waals surface area contributed by atoms with E-state index >= 15 is 0 Å². The van der Waals surface area contributed by atoms with Crippen LogP contribution in [-0.2, 0) is 14.9 Å². The summed E-state index contributed by atoms with van der Waals surface area (Å²) in [6.45, 7) is 3.79. The normalized spacial score (nSPS) is 11.5. The number of carbonyl (C=O) groups is 1. The van der Waals surface area contributed by atoms with Gasteiger partial charge in [-0.1, -0.05) is 53.0 Å². The first-order chi connectivity index (χ1) is 16.6. The molecule has 0 fully saturated rings. The first kappa shape index (κ1) is 26.1. The molecule has 0 atom stereocenters. The lowest BCUT2D eigenvalue weighted by atomic mass is 10.1. The first-order valence-electron chi connectivity index (χ1n) is 10.3. The fourth-order valence-electron chi connectivity index (χ4n) is 2.94. The average molecular weight is 531 g/mol. The van der Waals surface area contributed by atoms with Crippen molar-refractivity contribution >= 4 is 51.0 Å². The Labute approximate surface area is 213 Å². The van der Waals surface area contributed by atoms with Crippen molar-refractivity contribution in [1.82, 2.24) is 0 Å². The molecule has 0 aliphatic rings. The molecule has 7 nitrogen and oxygen atoms in total. The first-order valence-corrected chi connectivity index (χ1v) is 12.5. The maximum Gasteiger partial charge on any atom is 0.339 e. The summed E-state index contributed by atoms with van der Waals surface area (Å²) in [6.07, 6.45) is 1.32. The molecule has 3 aromatic carbocycles. The Morgan fingerprint density at radius 2 is 1.71 bits per heavy atom. The standard InChI is InChI=1S/C25H20Cl2N2O5S/c1-3-33-23-14-17(9-12-22(23)34-35(31,32)19-10-7-16(2)8-11-19)13-18(15-28)25(30)29-24-20(26)5-4-6-21(24)27/h4-14H,3H2,1-2H3,(H,29,30)/b18-13+. The molecule has 1 amide bonds. The molecule has 35 heavy (non-hydrogen) atoms. The number of carbonyl (C=O) groups excluding carboxylic acids is 1. The van der Waals surface area contributed by atoms with E-state index in [1.807, 2.05) is 13.0 Å². The average Bonchev–Trinajstić information content (AvgIpc) is 2.81. The monoisotopic (exact) mass is 530 g/mol. The Bertz CT molecular complexity index is 1410. The predicted octanol–water partition coefficient (Wildman–Crippen LogP) is 6.01. The van der Waals surface area contributed by atoms with Crippen LogP contribution in [0.4, 0.5) is 5.69 Å². The number of benzene rings is 3. The number of nitriles is 1. The molecule has 10 heteroatoms. The molecule has 1 N–H and O–H groups in total. The van der Waals surface area contributed by atoms with Gasteiger partial charge in [-0.3, -0.25) is 4.79 Å². The van der Waals surface area contributed by atoms with Crippen molar-refractivity contribution in [2.24, 2.45) is 0 Å². The van der Waals surface area contributed by atoms with E-state index in [0.29, 0.717) is 5.56 Å². The second-order valence-corrected chi connectivity index (χ2v) is 9.57. The number of hydrogen-bond acceptors (Lipinski definition) is 6. The number of nitrogens with one attached hydrogen (secondary N) is 1. The molecule has 0 spiro atoms. The molecule has 0 saturated heterocycles.